The maximum atomic E-state index is 13.1. The Labute approximate surface area is 225 Å². The maximum Gasteiger partial charge on any atom is 0.261 e. The van der Waals surface area contributed by atoms with Crippen LogP contribution in [0.2, 0.25) is 0 Å². The fraction of sp³-hybridized carbons (Fsp3) is 0.280. The largest absolute Gasteiger partial charge is 0.286 e. The van der Waals surface area contributed by atoms with Gasteiger partial charge in [0.05, 0.1) is 6.26 Å². The van der Waals surface area contributed by atoms with Crippen LogP contribution in [0, 0.1) is 0 Å². The zero-order valence-corrected chi connectivity index (χ0v) is 24.2. The van der Waals surface area contributed by atoms with Gasteiger partial charge in [-0.2, -0.15) is 8.42 Å². The number of aliphatic imine (C=N–C) groups is 1. The van der Waals surface area contributed by atoms with E-state index in [1.165, 1.54) is 3.97 Å². The predicted molar refractivity (Wildman–Crippen MR) is 146 cm³/mol. The zero-order chi connectivity index (χ0) is 27.1. The van der Waals surface area contributed by atoms with Gasteiger partial charge in [-0.15, -0.1) is 0 Å². The van der Waals surface area contributed by atoms with Gasteiger partial charge >= 0.3 is 197 Å². The van der Waals surface area contributed by atoms with Crippen molar-refractivity contribution in [1.29, 1.82) is 0 Å². The molecule has 2 atom stereocenters. The first-order valence-corrected chi connectivity index (χ1v) is 15.7. The maximum absolute atomic E-state index is 13.1. The first-order chi connectivity index (χ1) is 17.3. The smallest absolute Gasteiger partial charge is 0.261 e. The standard InChI is InChI=1S/C24H23AsN4O2S.CH4O3S/c1-15(2)32(30,31)29-20-14-18(9-10-19(20)26-24(29)25)23-22(17-7-5-4-6-8-17)27-21-13-16(3)11-12-28(21)23;1-5(2,3)4/h4-15,22-23H,1-3H3;1H3,(H,2,3,4). The molecule has 2 aliphatic heterocycles. The second-order valence-corrected chi connectivity index (χ2v) is 13.8. The number of hydrogen-bond donors (Lipinski definition) is 1. The number of amidine groups is 1. The third kappa shape index (κ3) is 5.75. The van der Waals surface area contributed by atoms with Gasteiger partial charge in [-0.25, -0.2) is 0 Å². The van der Waals surface area contributed by atoms with E-state index in [-0.39, 0.29) is 12.1 Å². The second kappa shape index (κ2) is 10.2. The van der Waals surface area contributed by atoms with Crippen molar-refractivity contribution in [2.45, 2.75) is 38.1 Å². The molecule has 0 amide bonds. The van der Waals surface area contributed by atoms with E-state index in [0.717, 1.165) is 22.5 Å². The van der Waals surface area contributed by atoms with Crippen LogP contribution in [0.15, 0.2) is 77.4 Å². The van der Waals surface area contributed by atoms with Gasteiger partial charge < -0.3 is 0 Å². The van der Waals surface area contributed by atoms with Crippen molar-refractivity contribution in [2.24, 2.45) is 4.99 Å². The molecule has 1 aromatic heterocycles. The Bertz CT molecular complexity index is 1630. The van der Waals surface area contributed by atoms with Crippen molar-refractivity contribution in [2.75, 3.05) is 6.26 Å². The van der Waals surface area contributed by atoms with Crippen molar-refractivity contribution in [3.63, 3.8) is 0 Å². The molecule has 2 unspecified atom stereocenters. The molecule has 12 heteroatoms. The number of fused-ring (bicyclic) bond motifs is 2. The van der Waals surface area contributed by atoms with Gasteiger partial charge in [0.15, 0.2) is 0 Å². The first-order valence-electron chi connectivity index (χ1n) is 11.4. The molecular formula is C25H27AsN4O5S2. The van der Waals surface area contributed by atoms with E-state index in [4.69, 9.17) is 9.55 Å². The number of hydrogen-bond acceptors (Lipinski definition) is 7. The van der Waals surface area contributed by atoms with Crippen LogP contribution in [-0.4, -0.2) is 69.4 Å². The van der Waals surface area contributed by atoms with E-state index in [2.05, 4.69) is 64.1 Å². The number of nitrogens with zero attached hydrogens (tertiary/aromatic N) is 4. The molecule has 37 heavy (non-hydrogen) atoms. The fourth-order valence-electron chi connectivity index (χ4n) is 4.26. The summed E-state index contributed by atoms with van der Waals surface area (Å²) in [6.45, 7) is 5.43. The van der Waals surface area contributed by atoms with Crippen molar-refractivity contribution in [3.8, 4) is 0 Å². The molecule has 0 spiro atoms. The van der Waals surface area contributed by atoms with E-state index in [0.29, 0.717) is 21.9 Å². The van der Waals surface area contributed by atoms with Crippen LogP contribution >= 0.6 is 0 Å². The second-order valence-electron chi connectivity index (χ2n) is 9.15. The van der Waals surface area contributed by atoms with Gasteiger partial charge in [0.1, 0.15) is 0 Å². The zero-order valence-electron chi connectivity index (χ0n) is 20.7. The summed E-state index contributed by atoms with van der Waals surface area (Å²) in [5.41, 5.74) is 4.52. The van der Waals surface area contributed by atoms with Gasteiger partial charge in [0.2, 0.25) is 0 Å². The Morgan fingerprint density at radius 1 is 1.03 bits per heavy atom. The molecule has 9 nitrogen and oxygen atoms in total. The third-order valence-corrected chi connectivity index (χ3v) is 8.94. The molecule has 2 aliphatic rings. The normalized spacial score (nSPS) is 19.4. The molecule has 0 saturated heterocycles. The Hall–Kier alpha value is -2.72. The summed E-state index contributed by atoms with van der Waals surface area (Å²) in [4.78, 5) is 11.7. The molecule has 2 aromatic carbocycles. The molecule has 3 aromatic rings. The van der Waals surface area contributed by atoms with E-state index >= 15 is 0 Å². The van der Waals surface area contributed by atoms with Gasteiger partial charge in [0, 0.05) is 0 Å². The van der Waals surface area contributed by atoms with Gasteiger partial charge in [-0.1, -0.05) is 0 Å². The van der Waals surface area contributed by atoms with Crippen LogP contribution in [0.1, 0.15) is 44.0 Å². The molecule has 0 bridgehead atoms. The minimum atomic E-state index is -3.67. The number of benzene rings is 2. The molecule has 3 heterocycles. The Balaban J connectivity index is 0.000000586. The molecule has 0 saturated carbocycles. The van der Waals surface area contributed by atoms with Gasteiger partial charge in [-0.05, 0) is 0 Å². The van der Waals surface area contributed by atoms with Crippen molar-refractivity contribution >= 4 is 58.5 Å². The molecular weight excluding hydrogens is 575 g/mol. The molecule has 0 fully saturated rings. The van der Waals surface area contributed by atoms with Crippen LogP contribution in [0.25, 0.3) is 11.0 Å². The average Bonchev–Trinajstić information content (AvgIpc) is 3.34. The quantitative estimate of drug-likeness (QED) is 0.360. The summed E-state index contributed by atoms with van der Waals surface area (Å²) >= 11 is 2.28. The fourth-order valence-corrected chi connectivity index (χ4v) is 6.54. The average molecular weight is 603 g/mol. The Morgan fingerprint density at radius 2 is 1.68 bits per heavy atom. The number of allylic oxidation sites excluding steroid dienone is 2. The van der Waals surface area contributed by atoms with Crippen LogP contribution in [0.5, 0.6) is 0 Å². The van der Waals surface area contributed by atoms with Crippen molar-refractivity contribution < 1.29 is 21.4 Å². The van der Waals surface area contributed by atoms with E-state index in [1.54, 1.807) is 13.8 Å². The van der Waals surface area contributed by atoms with E-state index in [1.807, 2.05) is 36.4 Å². The monoisotopic (exact) mass is 602 g/mol. The summed E-state index contributed by atoms with van der Waals surface area (Å²) in [5, 5.41) is -0.553. The summed E-state index contributed by atoms with van der Waals surface area (Å²) in [6, 6.07) is 15.9. The summed E-state index contributed by atoms with van der Waals surface area (Å²) in [6.07, 6.45) is 6.94. The van der Waals surface area contributed by atoms with Crippen LogP contribution in [0.3, 0.4) is 0 Å². The molecule has 194 valence electrons. The predicted octanol–water partition coefficient (Wildman–Crippen LogP) is 2.89. The van der Waals surface area contributed by atoms with Gasteiger partial charge in [0.25, 0.3) is 10.1 Å². The summed E-state index contributed by atoms with van der Waals surface area (Å²) in [7, 11) is -7.22. The van der Waals surface area contributed by atoms with E-state index < -0.39 is 25.4 Å². The number of imidazole rings is 1. The van der Waals surface area contributed by atoms with Crippen LogP contribution in [-0.2, 0) is 20.1 Å². The molecule has 1 N–H and O–H groups in total. The minimum Gasteiger partial charge on any atom is -0.286 e. The van der Waals surface area contributed by atoms with Crippen LogP contribution in [0.4, 0.5) is 0 Å². The topological polar surface area (TPSA) is 122 Å². The summed E-state index contributed by atoms with van der Waals surface area (Å²) in [5.74, 6) is 0.917. The SMILES string of the molecule is CC1=CC2=NC(c3ccccc3)C(c3ccc4nc([As])n(S(=O)(=O)C(C)C)c4c3)N2C=C1.CS(=O)(=O)O. The Morgan fingerprint density at radius 3 is 2.30 bits per heavy atom. The van der Waals surface area contributed by atoms with Crippen molar-refractivity contribution in [1.82, 2.24) is 13.9 Å². The number of rotatable bonds is 4. The van der Waals surface area contributed by atoms with Crippen molar-refractivity contribution in [3.05, 3.63) is 83.6 Å². The van der Waals surface area contributed by atoms with Crippen LogP contribution < -0.4 is 4.61 Å². The minimum absolute atomic E-state index is 0.0858. The van der Waals surface area contributed by atoms with E-state index in [9.17, 15) is 16.8 Å². The molecule has 0 aliphatic carbocycles. The third-order valence-electron chi connectivity index (χ3n) is 5.94. The number of aromatic nitrogens is 2. The Kier molecular flexibility index (Phi) is 7.54. The molecule has 2 radical (unpaired) electrons. The summed E-state index contributed by atoms with van der Waals surface area (Å²) < 4.78 is 53.8. The first kappa shape index (κ1) is 27.3. The van der Waals surface area contributed by atoms with Gasteiger partial charge in [-0.3, -0.25) is 4.55 Å². The molecule has 5 rings (SSSR count).